The number of anilines is 3. The predicted octanol–water partition coefficient (Wildman–Crippen LogP) is 3.98. The fourth-order valence-corrected chi connectivity index (χ4v) is 3.31. The molecule has 212 valence electrons. The Morgan fingerprint density at radius 2 is 1.36 bits per heavy atom. The number of nitro groups is 2. The summed E-state index contributed by atoms with van der Waals surface area (Å²) in [4.78, 5) is 45.0. The molecule has 2 rings (SSSR count). The van der Waals surface area contributed by atoms with E-state index in [0.29, 0.717) is 63.8 Å². The molecule has 2 amide bonds. The van der Waals surface area contributed by atoms with Crippen LogP contribution in [0.5, 0.6) is 0 Å². The molecule has 39 heavy (non-hydrogen) atoms. The third kappa shape index (κ3) is 11.0. The van der Waals surface area contributed by atoms with Crippen molar-refractivity contribution in [1.29, 1.82) is 0 Å². The third-order valence-electron chi connectivity index (χ3n) is 5.27. The highest BCUT2D eigenvalue weighted by Crippen LogP contribution is 2.36. The van der Waals surface area contributed by atoms with Gasteiger partial charge in [0.25, 0.3) is 17.3 Å². The van der Waals surface area contributed by atoms with Crippen LogP contribution in [0.3, 0.4) is 0 Å². The zero-order chi connectivity index (χ0) is 28.5. The molecule has 2 aromatic rings. The average Bonchev–Trinajstić information content (AvgIpc) is 2.92. The molecule has 14 nitrogen and oxygen atoms in total. The molecule has 3 N–H and O–H groups in total. The first-order valence-corrected chi connectivity index (χ1v) is 12.4. The van der Waals surface area contributed by atoms with Gasteiger partial charge in [0.2, 0.25) is 6.41 Å². The molecule has 0 fully saturated rings. The van der Waals surface area contributed by atoms with Gasteiger partial charge in [-0.05, 0) is 37.1 Å². The standard InChI is InChI=1S/C25H33N5O9/c1-2-3-10-37-12-14-39-15-13-38-11-4-9-26-24-22(29(33)34)16-19(17-23(24)30(35)36)25(32)28-21-7-5-20(6-8-21)27-18-31/h5-8,16-18,26H,2-4,9-15H2,1H3,(H,27,31)(H,28,32). The fraction of sp³-hybridized carbons (Fsp3) is 0.440. The molecular formula is C25H33N5O9. The predicted molar refractivity (Wildman–Crippen MR) is 144 cm³/mol. The summed E-state index contributed by atoms with van der Waals surface area (Å²) < 4.78 is 16.2. The van der Waals surface area contributed by atoms with Crippen molar-refractivity contribution in [3.8, 4) is 0 Å². The number of hydrogen-bond donors (Lipinski definition) is 3. The minimum absolute atomic E-state index is 0.167. The number of hydrogen-bond acceptors (Lipinski definition) is 10. The van der Waals surface area contributed by atoms with Crippen molar-refractivity contribution in [3.05, 3.63) is 62.2 Å². The number of nitrogens with zero attached hydrogens (tertiary/aromatic N) is 2. The fourth-order valence-electron chi connectivity index (χ4n) is 3.31. The summed E-state index contributed by atoms with van der Waals surface area (Å²) in [5.74, 6) is -0.771. The molecule has 0 radical (unpaired) electrons. The number of nitro benzene ring substituents is 2. The zero-order valence-electron chi connectivity index (χ0n) is 21.7. The van der Waals surface area contributed by atoms with Crippen molar-refractivity contribution in [1.82, 2.24) is 0 Å². The van der Waals surface area contributed by atoms with Gasteiger partial charge in [0.1, 0.15) is 0 Å². The molecule has 2 aromatic carbocycles. The van der Waals surface area contributed by atoms with E-state index in [4.69, 9.17) is 14.2 Å². The van der Waals surface area contributed by atoms with Crippen LogP contribution >= 0.6 is 0 Å². The van der Waals surface area contributed by atoms with Crippen molar-refractivity contribution in [2.75, 3.05) is 62.1 Å². The molecule has 0 heterocycles. The van der Waals surface area contributed by atoms with Crippen LogP contribution in [-0.4, -0.2) is 68.3 Å². The first-order chi connectivity index (χ1) is 18.9. The van der Waals surface area contributed by atoms with E-state index in [-0.39, 0.29) is 17.8 Å². The van der Waals surface area contributed by atoms with Crippen molar-refractivity contribution < 1.29 is 33.6 Å². The van der Waals surface area contributed by atoms with E-state index in [1.165, 1.54) is 24.3 Å². The second-order valence-electron chi connectivity index (χ2n) is 8.17. The van der Waals surface area contributed by atoms with E-state index in [2.05, 4.69) is 22.9 Å². The van der Waals surface area contributed by atoms with Gasteiger partial charge in [0.05, 0.1) is 41.8 Å². The Hall–Kier alpha value is -4.14. The second kappa shape index (κ2) is 17.4. The first kappa shape index (κ1) is 31.1. The summed E-state index contributed by atoms with van der Waals surface area (Å²) in [6, 6.07) is 8.02. The molecule has 14 heteroatoms. The highest BCUT2D eigenvalue weighted by atomic mass is 16.6. The summed E-state index contributed by atoms with van der Waals surface area (Å²) in [7, 11) is 0. The molecule has 0 aliphatic rings. The van der Waals surface area contributed by atoms with Crippen molar-refractivity contribution in [3.63, 3.8) is 0 Å². The van der Waals surface area contributed by atoms with Gasteiger partial charge in [-0.15, -0.1) is 0 Å². The van der Waals surface area contributed by atoms with Crippen LogP contribution < -0.4 is 16.0 Å². The molecule has 0 saturated heterocycles. The van der Waals surface area contributed by atoms with Crippen molar-refractivity contribution in [2.24, 2.45) is 0 Å². The Labute approximate surface area is 225 Å². The second-order valence-corrected chi connectivity index (χ2v) is 8.17. The average molecular weight is 548 g/mol. The van der Waals surface area contributed by atoms with E-state index in [9.17, 15) is 29.8 Å². The first-order valence-electron chi connectivity index (χ1n) is 12.4. The molecule has 0 bridgehead atoms. The number of nitrogens with one attached hydrogen (secondary N) is 3. The van der Waals surface area contributed by atoms with Crippen LogP contribution in [0, 0.1) is 20.2 Å². The monoisotopic (exact) mass is 547 g/mol. The maximum atomic E-state index is 12.7. The van der Waals surface area contributed by atoms with Gasteiger partial charge in [-0.1, -0.05) is 13.3 Å². The minimum atomic E-state index is -0.786. The summed E-state index contributed by atoms with van der Waals surface area (Å²) >= 11 is 0. The van der Waals surface area contributed by atoms with E-state index < -0.39 is 27.1 Å². The van der Waals surface area contributed by atoms with Gasteiger partial charge in [-0.2, -0.15) is 0 Å². The Balaban J connectivity index is 1.90. The molecular weight excluding hydrogens is 514 g/mol. The lowest BCUT2D eigenvalue weighted by molar-refractivity contribution is -0.392. The molecule has 0 atom stereocenters. The maximum absolute atomic E-state index is 12.7. The normalized spacial score (nSPS) is 10.6. The van der Waals surface area contributed by atoms with Crippen LogP contribution in [0.2, 0.25) is 0 Å². The number of carbonyl (C=O) groups is 2. The lowest BCUT2D eigenvalue weighted by atomic mass is 10.1. The number of rotatable bonds is 20. The van der Waals surface area contributed by atoms with Crippen LogP contribution in [0.4, 0.5) is 28.4 Å². The Morgan fingerprint density at radius 3 is 1.87 bits per heavy atom. The number of ether oxygens (including phenoxy) is 3. The third-order valence-corrected chi connectivity index (χ3v) is 5.27. The van der Waals surface area contributed by atoms with Gasteiger partial charge >= 0.3 is 0 Å². The van der Waals surface area contributed by atoms with E-state index >= 15 is 0 Å². The Morgan fingerprint density at radius 1 is 0.846 bits per heavy atom. The number of carbonyl (C=O) groups excluding carboxylic acids is 2. The van der Waals surface area contributed by atoms with Crippen molar-refractivity contribution in [2.45, 2.75) is 26.2 Å². The quantitative estimate of drug-likeness (QED) is 0.0948. The Bertz CT molecular complexity index is 1060. The van der Waals surface area contributed by atoms with Gasteiger partial charge in [-0.3, -0.25) is 29.8 Å². The maximum Gasteiger partial charge on any atom is 0.300 e. The molecule has 0 aliphatic heterocycles. The van der Waals surface area contributed by atoms with Crippen LogP contribution in [0.1, 0.15) is 36.5 Å². The summed E-state index contributed by atoms with van der Waals surface area (Å²) in [5.41, 5.74) is -0.933. The largest absolute Gasteiger partial charge is 0.379 e. The summed E-state index contributed by atoms with van der Waals surface area (Å²) in [6.07, 6.45) is 3.01. The van der Waals surface area contributed by atoms with Gasteiger partial charge < -0.3 is 30.2 Å². The number of amides is 2. The molecule has 0 unspecified atom stereocenters. The van der Waals surface area contributed by atoms with Gasteiger partial charge in [0.15, 0.2) is 5.69 Å². The SMILES string of the molecule is CCCCOCCOCCOCCCNc1c([N+](=O)[O-])cc(C(=O)Nc2ccc(NC=O)cc2)cc1[N+](=O)[O-]. The minimum Gasteiger partial charge on any atom is -0.379 e. The topological polar surface area (TPSA) is 184 Å². The van der Waals surface area contributed by atoms with E-state index in [1.54, 1.807) is 0 Å². The van der Waals surface area contributed by atoms with Crippen molar-refractivity contribution >= 4 is 40.8 Å². The summed E-state index contributed by atoms with van der Waals surface area (Å²) in [5, 5.41) is 31.1. The van der Waals surface area contributed by atoms with Crippen LogP contribution in [-0.2, 0) is 19.0 Å². The summed E-state index contributed by atoms with van der Waals surface area (Å²) in [6.45, 7) is 5.03. The molecule has 0 aromatic heterocycles. The van der Waals surface area contributed by atoms with Crippen LogP contribution in [0.25, 0.3) is 0 Å². The smallest absolute Gasteiger partial charge is 0.300 e. The number of benzene rings is 2. The lowest BCUT2D eigenvalue weighted by Crippen LogP contribution is -2.15. The molecule has 0 spiro atoms. The van der Waals surface area contributed by atoms with E-state index in [0.717, 1.165) is 25.0 Å². The van der Waals surface area contributed by atoms with Gasteiger partial charge in [-0.25, -0.2) is 0 Å². The van der Waals surface area contributed by atoms with Crippen LogP contribution in [0.15, 0.2) is 36.4 Å². The highest BCUT2D eigenvalue weighted by molar-refractivity contribution is 6.06. The lowest BCUT2D eigenvalue weighted by Gasteiger charge is -2.11. The van der Waals surface area contributed by atoms with E-state index in [1.807, 2.05) is 0 Å². The zero-order valence-corrected chi connectivity index (χ0v) is 21.7. The number of unbranched alkanes of at least 4 members (excludes halogenated alkanes) is 1. The molecule has 0 saturated carbocycles. The van der Waals surface area contributed by atoms with Gasteiger partial charge in [0, 0.05) is 43.3 Å². The Kier molecular flexibility index (Phi) is 13.9. The highest BCUT2D eigenvalue weighted by Gasteiger charge is 2.28. The molecule has 0 aliphatic carbocycles.